The van der Waals surface area contributed by atoms with E-state index in [0.29, 0.717) is 5.69 Å². The minimum Gasteiger partial charge on any atom is -0.326 e. The van der Waals surface area contributed by atoms with Crippen molar-refractivity contribution >= 4 is 28.9 Å². The van der Waals surface area contributed by atoms with Crippen LogP contribution in [0, 0.1) is 16.0 Å². The molecule has 1 N–H and O–H groups in total. The number of carbonyl (C=O) groups excluding carboxylic acids is 2. The molecule has 7 heteroatoms. The van der Waals surface area contributed by atoms with E-state index in [2.05, 4.69) is 5.32 Å². The van der Waals surface area contributed by atoms with Gasteiger partial charge < -0.3 is 10.2 Å². The molecule has 1 aliphatic rings. The summed E-state index contributed by atoms with van der Waals surface area (Å²) < 4.78 is 0. The van der Waals surface area contributed by atoms with E-state index >= 15 is 0 Å². The number of benzene rings is 2. The summed E-state index contributed by atoms with van der Waals surface area (Å²) in [5, 5.41) is 13.7. The third-order valence-corrected chi connectivity index (χ3v) is 4.52. The lowest BCUT2D eigenvalue weighted by molar-refractivity contribution is -0.384. The van der Waals surface area contributed by atoms with Crippen molar-refractivity contribution in [2.45, 2.75) is 19.8 Å². The second-order valence-electron chi connectivity index (χ2n) is 6.18. The van der Waals surface area contributed by atoms with Crippen LogP contribution in [-0.4, -0.2) is 23.3 Å². The van der Waals surface area contributed by atoms with Crippen LogP contribution in [0.2, 0.25) is 0 Å². The number of hydrogen-bond donors (Lipinski definition) is 1. The van der Waals surface area contributed by atoms with Crippen LogP contribution in [0.3, 0.4) is 0 Å². The van der Waals surface area contributed by atoms with Crippen molar-refractivity contribution < 1.29 is 14.5 Å². The van der Waals surface area contributed by atoms with E-state index in [1.54, 1.807) is 0 Å². The Morgan fingerprint density at radius 1 is 1.23 bits per heavy atom. The lowest BCUT2D eigenvalue weighted by Crippen LogP contribution is -2.28. The first-order valence-electron chi connectivity index (χ1n) is 8.43. The zero-order valence-corrected chi connectivity index (χ0v) is 14.3. The number of anilines is 2. The molecule has 0 aliphatic carbocycles. The van der Waals surface area contributed by atoms with E-state index in [1.165, 1.54) is 29.2 Å². The van der Waals surface area contributed by atoms with E-state index in [-0.39, 0.29) is 30.5 Å². The highest BCUT2D eigenvalue weighted by Gasteiger charge is 2.35. The number of nitrogens with zero attached hydrogens (tertiary/aromatic N) is 2. The summed E-state index contributed by atoms with van der Waals surface area (Å²) in [6.45, 7) is 2.27. The number of nitrogens with one attached hydrogen (secondary N) is 1. The van der Waals surface area contributed by atoms with Gasteiger partial charge in [-0.2, -0.15) is 0 Å². The number of non-ortho nitro benzene ring substituents is 1. The Labute approximate surface area is 150 Å². The molecule has 26 heavy (non-hydrogen) atoms. The van der Waals surface area contributed by atoms with Crippen LogP contribution in [0.25, 0.3) is 0 Å². The number of para-hydroxylation sites is 1. The van der Waals surface area contributed by atoms with Crippen molar-refractivity contribution in [3.63, 3.8) is 0 Å². The minimum atomic E-state index is -0.489. The standard InChI is InChI=1S/C19H19N3O4/c1-2-13-5-3-4-6-17(13)20-19(24)14-11-18(23)21(12-14)15-7-9-16(10-8-15)22(25)26/h3-10,14H,2,11-12H2,1H3,(H,20,24)/t14-/m0/s1. The van der Waals surface area contributed by atoms with E-state index in [9.17, 15) is 19.7 Å². The molecule has 1 atom stereocenters. The van der Waals surface area contributed by atoms with Gasteiger partial charge in [0.1, 0.15) is 0 Å². The molecule has 1 saturated heterocycles. The van der Waals surface area contributed by atoms with Crippen LogP contribution in [-0.2, 0) is 16.0 Å². The zero-order chi connectivity index (χ0) is 18.7. The van der Waals surface area contributed by atoms with E-state index in [4.69, 9.17) is 0 Å². The van der Waals surface area contributed by atoms with Crippen LogP contribution >= 0.6 is 0 Å². The molecule has 134 valence electrons. The van der Waals surface area contributed by atoms with Gasteiger partial charge in [-0.15, -0.1) is 0 Å². The van der Waals surface area contributed by atoms with Crippen LogP contribution < -0.4 is 10.2 Å². The predicted octanol–water partition coefficient (Wildman–Crippen LogP) is 3.15. The molecule has 0 radical (unpaired) electrons. The first-order valence-corrected chi connectivity index (χ1v) is 8.43. The molecule has 1 heterocycles. The fourth-order valence-corrected chi connectivity index (χ4v) is 3.07. The lowest BCUT2D eigenvalue weighted by atomic mass is 10.1. The maximum absolute atomic E-state index is 12.6. The fourth-order valence-electron chi connectivity index (χ4n) is 3.07. The third-order valence-electron chi connectivity index (χ3n) is 4.52. The van der Waals surface area contributed by atoms with Crippen molar-refractivity contribution in [2.75, 3.05) is 16.8 Å². The first-order chi connectivity index (χ1) is 12.5. The van der Waals surface area contributed by atoms with Gasteiger partial charge in [-0.1, -0.05) is 25.1 Å². The van der Waals surface area contributed by atoms with Crippen LogP contribution in [0.15, 0.2) is 48.5 Å². The van der Waals surface area contributed by atoms with Gasteiger partial charge in [0.05, 0.1) is 10.8 Å². The van der Waals surface area contributed by atoms with E-state index in [0.717, 1.165) is 17.7 Å². The van der Waals surface area contributed by atoms with E-state index in [1.807, 2.05) is 31.2 Å². The van der Waals surface area contributed by atoms with Gasteiger partial charge in [0.25, 0.3) is 5.69 Å². The number of nitro groups is 1. The molecule has 2 aromatic rings. The van der Waals surface area contributed by atoms with Gasteiger partial charge in [0.2, 0.25) is 11.8 Å². The van der Waals surface area contributed by atoms with Crippen molar-refractivity contribution in [1.82, 2.24) is 0 Å². The fraction of sp³-hybridized carbons (Fsp3) is 0.263. The topological polar surface area (TPSA) is 92.6 Å². The highest BCUT2D eigenvalue weighted by molar-refractivity contribution is 6.03. The molecule has 0 unspecified atom stereocenters. The van der Waals surface area contributed by atoms with Crippen LogP contribution in [0.5, 0.6) is 0 Å². The number of hydrogen-bond acceptors (Lipinski definition) is 4. The average Bonchev–Trinajstić information content (AvgIpc) is 3.04. The molecule has 1 fully saturated rings. The Bertz CT molecular complexity index is 848. The second-order valence-corrected chi connectivity index (χ2v) is 6.18. The van der Waals surface area contributed by atoms with Crippen LogP contribution in [0.1, 0.15) is 18.9 Å². The lowest BCUT2D eigenvalue weighted by Gasteiger charge is -2.17. The van der Waals surface area contributed by atoms with Gasteiger partial charge in [0.15, 0.2) is 0 Å². The second kappa shape index (κ2) is 7.35. The number of amides is 2. The Hall–Kier alpha value is -3.22. The summed E-state index contributed by atoms with van der Waals surface area (Å²) in [5.74, 6) is -0.811. The average molecular weight is 353 g/mol. The third kappa shape index (κ3) is 3.56. The summed E-state index contributed by atoms with van der Waals surface area (Å²) in [5.41, 5.74) is 2.33. The highest BCUT2D eigenvalue weighted by Crippen LogP contribution is 2.28. The monoisotopic (exact) mass is 353 g/mol. The first kappa shape index (κ1) is 17.6. The Morgan fingerprint density at radius 2 is 1.92 bits per heavy atom. The zero-order valence-electron chi connectivity index (χ0n) is 14.3. The molecule has 0 saturated carbocycles. The van der Waals surface area contributed by atoms with E-state index < -0.39 is 10.8 Å². The maximum atomic E-state index is 12.6. The number of rotatable bonds is 5. The summed E-state index contributed by atoms with van der Waals surface area (Å²) in [6.07, 6.45) is 0.923. The smallest absolute Gasteiger partial charge is 0.269 e. The molecule has 2 amide bonds. The quantitative estimate of drug-likeness (QED) is 0.660. The summed E-state index contributed by atoms with van der Waals surface area (Å²) in [6, 6.07) is 13.4. The SMILES string of the molecule is CCc1ccccc1NC(=O)[C@H]1CC(=O)N(c2ccc([N+](=O)[O-])cc2)C1. The Kier molecular flexibility index (Phi) is 4.97. The van der Waals surface area contributed by atoms with Gasteiger partial charge in [-0.05, 0) is 30.2 Å². The van der Waals surface area contributed by atoms with Crippen molar-refractivity contribution in [3.05, 3.63) is 64.2 Å². The summed E-state index contributed by atoms with van der Waals surface area (Å²) >= 11 is 0. The van der Waals surface area contributed by atoms with Gasteiger partial charge >= 0.3 is 0 Å². The normalized spacial score (nSPS) is 16.6. The number of aryl methyl sites for hydroxylation is 1. The highest BCUT2D eigenvalue weighted by atomic mass is 16.6. The summed E-state index contributed by atoms with van der Waals surface area (Å²) in [7, 11) is 0. The Morgan fingerprint density at radius 3 is 2.58 bits per heavy atom. The molecular formula is C19H19N3O4. The molecule has 2 aromatic carbocycles. The van der Waals surface area contributed by atoms with Gasteiger partial charge in [-0.3, -0.25) is 19.7 Å². The van der Waals surface area contributed by atoms with Gasteiger partial charge in [0, 0.05) is 36.5 Å². The minimum absolute atomic E-state index is 0.0362. The molecule has 0 spiro atoms. The molecule has 0 bridgehead atoms. The Balaban J connectivity index is 1.70. The van der Waals surface area contributed by atoms with Crippen molar-refractivity contribution in [3.8, 4) is 0 Å². The van der Waals surface area contributed by atoms with Gasteiger partial charge in [-0.25, -0.2) is 0 Å². The molecule has 0 aromatic heterocycles. The maximum Gasteiger partial charge on any atom is 0.269 e. The largest absolute Gasteiger partial charge is 0.326 e. The molecule has 1 aliphatic heterocycles. The van der Waals surface area contributed by atoms with Crippen LogP contribution in [0.4, 0.5) is 17.1 Å². The number of carbonyl (C=O) groups is 2. The number of nitro benzene ring substituents is 1. The molecule has 7 nitrogen and oxygen atoms in total. The molecule has 3 rings (SSSR count). The summed E-state index contributed by atoms with van der Waals surface area (Å²) in [4.78, 5) is 36.6. The molecular weight excluding hydrogens is 334 g/mol. The predicted molar refractivity (Wildman–Crippen MR) is 98.0 cm³/mol. The van der Waals surface area contributed by atoms with Crippen molar-refractivity contribution in [2.24, 2.45) is 5.92 Å². The van der Waals surface area contributed by atoms with Crippen molar-refractivity contribution in [1.29, 1.82) is 0 Å².